The summed E-state index contributed by atoms with van der Waals surface area (Å²) < 4.78 is 27.1. The van der Waals surface area contributed by atoms with E-state index in [0.29, 0.717) is 5.56 Å². The number of aryl methyl sites for hydroxylation is 1. The van der Waals surface area contributed by atoms with Gasteiger partial charge in [0.25, 0.3) is 0 Å². The van der Waals surface area contributed by atoms with E-state index in [2.05, 4.69) is 0 Å². The molecule has 1 atom stereocenters. The first kappa shape index (κ1) is 13.5. The topological polar surface area (TPSA) is 20.2 Å². The van der Waals surface area contributed by atoms with Gasteiger partial charge in [0.1, 0.15) is 11.6 Å². The van der Waals surface area contributed by atoms with Gasteiger partial charge in [-0.25, -0.2) is 8.78 Å². The highest BCUT2D eigenvalue weighted by Crippen LogP contribution is 2.50. The van der Waals surface area contributed by atoms with Crippen LogP contribution in [0.25, 0.3) is 0 Å². The Kier molecular flexibility index (Phi) is 3.71. The van der Waals surface area contributed by atoms with Crippen LogP contribution in [-0.4, -0.2) is 5.11 Å². The second-order valence-corrected chi connectivity index (χ2v) is 5.45. The molecule has 3 heteroatoms. The van der Waals surface area contributed by atoms with Crippen LogP contribution in [0.15, 0.2) is 12.1 Å². The Hall–Kier alpha value is -0.960. The summed E-state index contributed by atoms with van der Waals surface area (Å²) >= 11 is 0. The van der Waals surface area contributed by atoms with E-state index in [4.69, 9.17) is 0 Å². The molecule has 1 aliphatic carbocycles. The van der Waals surface area contributed by atoms with E-state index < -0.39 is 17.7 Å². The third-order valence-electron chi connectivity index (χ3n) is 4.46. The van der Waals surface area contributed by atoms with E-state index in [1.165, 1.54) is 6.07 Å². The molecule has 1 N–H and O–H groups in total. The summed E-state index contributed by atoms with van der Waals surface area (Å²) in [6.07, 6.45) is 3.98. The number of benzene rings is 1. The van der Waals surface area contributed by atoms with Gasteiger partial charge in [-0.2, -0.15) is 0 Å². The average molecular weight is 254 g/mol. The minimum absolute atomic E-state index is 0.231. The quantitative estimate of drug-likeness (QED) is 0.853. The Morgan fingerprint density at radius 2 is 1.83 bits per heavy atom. The van der Waals surface area contributed by atoms with Gasteiger partial charge < -0.3 is 5.11 Å². The highest BCUT2D eigenvalue weighted by molar-refractivity contribution is 5.29. The molecule has 1 saturated carbocycles. The molecule has 1 unspecified atom stereocenters. The van der Waals surface area contributed by atoms with Crippen LogP contribution in [-0.2, 0) is 0 Å². The van der Waals surface area contributed by atoms with Gasteiger partial charge in [-0.15, -0.1) is 0 Å². The Morgan fingerprint density at radius 1 is 1.22 bits per heavy atom. The molecular weight excluding hydrogens is 234 g/mol. The van der Waals surface area contributed by atoms with Crippen LogP contribution in [0.1, 0.15) is 56.3 Å². The zero-order valence-electron chi connectivity index (χ0n) is 11.0. The Bertz CT molecular complexity index is 436. The minimum Gasteiger partial charge on any atom is -0.388 e. The summed E-state index contributed by atoms with van der Waals surface area (Å²) in [5, 5.41) is 10.5. The molecule has 1 aromatic rings. The fourth-order valence-electron chi connectivity index (χ4n) is 3.12. The average Bonchev–Trinajstić information content (AvgIpc) is 2.83. The number of hydrogen-bond acceptors (Lipinski definition) is 1. The standard InChI is InChI=1S/C15H20F2O/c1-3-15(6-4-5-7-15)14(18)11-8-10(2)12(16)9-13(11)17/h8-9,14,18H,3-7H2,1-2H3. The van der Waals surface area contributed by atoms with Crippen LogP contribution in [0, 0.1) is 24.0 Å². The molecule has 0 heterocycles. The summed E-state index contributed by atoms with van der Waals surface area (Å²) in [5.41, 5.74) is 0.401. The van der Waals surface area contributed by atoms with Crippen molar-refractivity contribution in [1.82, 2.24) is 0 Å². The molecule has 0 aliphatic heterocycles. The summed E-state index contributed by atoms with van der Waals surface area (Å²) in [6, 6.07) is 2.33. The van der Waals surface area contributed by atoms with Crippen LogP contribution in [0.2, 0.25) is 0 Å². The Balaban J connectivity index is 2.39. The predicted octanol–water partition coefficient (Wildman–Crippen LogP) is 4.28. The fraction of sp³-hybridized carbons (Fsp3) is 0.600. The van der Waals surface area contributed by atoms with Crippen molar-refractivity contribution in [2.75, 3.05) is 0 Å². The van der Waals surface area contributed by atoms with Gasteiger partial charge in [0.15, 0.2) is 0 Å². The Labute approximate surface area is 107 Å². The first-order valence-corrected chi connectivity index (χ1v) is 6.64. The maximum absolute atomic E-state index is 13.8. The number of rotatable bonds is 3. The third-order valence-corrected chi connectivity index (χ3v) is 4.46. The summed E-state index contributed by atoms with van der Waals surface area (Å²) in [6.45, 7) is 3.63. The van der Waals surface area contributed by atoms with Crippen LogP contribution >= 0.6 is 0 Å². The van der Waals surface area contributed by atoms with Gasteiger partial charge in [-0.1, -0.05) is 19.8 Å². The molecule has 18 heavy (non-hydrogen) atoms. The summed E-state index contributed by atoms with van der Waals surface area (Å²) in [7, 11) is 0. The van der Waals surface area contributed by atoms with Crippen LogP contribution in [0.3, 0.4) is 0 Å². The van der Waals surface area contributed by atoms with Crippen LogP contribution < -0.4 is 0 Å². The van der Waals surface area contributed by atoms with Gasteiger partial charge in [0.05, 0.1) is 6.10 Å². The fourth-order valence-corrected chi connectivity index (χ4v) is 3.12. The molecule has 1 fully saturated rings. The van der Waals surface area contributed by atoms with E-state index in [0.717, 1.165) is 38.2 Å². The lowest BCUT2D eigenvalue weighted by Gasteiger charge is -2.33. The highest BCUT2D eigenvalue weighted by Gasteiger charge is 2.40. The largest absolute Gasteiger partial charge is 0.388 e. The second-order valence-electron chi connectivity index (χ2n) is 5.45. The van der Waals surface area contributed by atoms with Crippen molar-refractivity contribution in [1.29, 1.82) is 0 Å². The molecule has 0 radical (unpaired) electrons. The van der Waals surface area contributed by atoms with E-state index in [1.807, 2.05) is 6.92 Å². The molecule has 0 spiro atoms. The van der Waals surface area contributed by atoms with Crippen molar-refractivity contribution < 1.29 is 13.9 Å². The van der Waals surface area contributed by atoms with Gasteiger partial charge in [-0.05, 0) is 37.8 Å². The molecule has 2 rings (SSSR count). The lowest BCUT2D eigenvalue weighted by molar-refractivity contribution is 0.0210. The van der Waals surface area contributed by atoms with E-state index >= 15 is 0 Å². The Morgan fingerprint density at radius 3 is 2.39 bits per heavy atom. The maximum Gasteiger partial charge on any atom is 0.131 e. The number of aliphatic hydroxyl groups is 1. The van der Waals surface area contributed by atoms with E-state index in [9.17, 15) is 13.9 Å². The van der Waals surface area contributed by atoms with Crippen molar-refractivity contribution in [3.63, 3.8) is 0 Å². The number of aliphatic hydroxyl groups excluding tert-OH is 1. The zero-order valence-corrected chi connectivity index (χ0v) is 11.0. The van der Waals surface area contributed by atoms with Crippen molar-refractivity contribution >= 4 is 0 Å². The van der Waals surface area contributed by atoms with E-state index in [-0.39, 0.29) is 11.0 Å². The normalized spacial score (nSPS) is 20.1. The first-order chi connectivity index (χ1) is 8.50. The molecule has 1 aliphatic rings. The maximum atomic E-state index is 13.8. The van der Waals surface area contributed by atoms with Crippen molar-refractivity contribution in [3.05, 3.63) is 34.9 Å². The zero-order chi connectivity index (χ0) is 13.3. The molecule has 1 aromatic carbocycles. The number of hydrogen-bond donors (Lipinski definition) is 1. The second kappa shape index (κ2) is 4.96. The lowest BCUT2D eigenvalue weighted by atomic mass is 9.75. The lowest BCUT2D eigenvalue weighted by Crippen LogP contribution is -2.26. The molecule has 1 nitrogen and oxygen atoms in total. The highest BCUT2D eigenvalue weighted by atomic mass is 19.1. The van der Waals surface area contributed by atoms with Crippen molar-refractivity contribution in [2.24, 2.45) is 5.41 Å². The third kappa shape index (κ3) is 2.16. The van der Waals surface area contributed by atoms with E-state index in [1.54, 1.807) is 6.92 Å². The van der Waals surface area contributed by atoms with Gasteiger partial charge in [-0.3, -0.25) is 0 Å². The summed E-state index contributed by atoms with van der Waals surface area (Å²) in [5.74, 6) is -1.19. The van der Waals surface area contributed by atoms with Crippen molar-refractivity contribution in [3.8, 4) is 0 Å². The molecular formula is C15H20F2O. The SMILES string of the molecule is CCC1(C(O)c2cc(C)c(F)cc2F)CCCC1. The first-order valence-electron chi connectivity index (χ1n) is 6.64. The van der Waals surface area contributed by atoms with Gasteiger partial charge >= 0.3 is 0 Å². The molecule has 0 saturated heterocycles. The molecule has 0 amide bonds. The van der Waals surface area contributed by atoms with Gasteiger partial charge in [0.2, 0.25) is 0 Å². The van der Waals surface area contributed by atoms with Crippen LogP contribution in [0.4, 0.5) is 8.78 Å². The number of halogens is 2. The monoisotopic (exact) mass is 254 g/mol. The minimum atomic E-state index is -0.829. The molecule has 0 bridgehead atoms. The van der Waals surface area contributed by atoms with Gasteiger partial charge in [0, 0.05) is 17.0 Å². The molecule has 100 valence electrons. The smallest absolute Gasteiger partial charge is 0.131 e. The summed E-state index contributed by atoms with van der Waals surface area (Å²) in [4.78, 5) is 0. The predicted molar refractivity (Wildman–Crippen MR) is 67.2 cm³/mol. The van der Waals surface area contributed by atoms with Crippen molar-refractivity contribution in [2.45, 2.75) is 52.1 Å². The van der Waals surface area contributed by atoms with Crippen LogP contribution in [0.5, 0.6) is 0 Å². The molecule has 0 aromatic heterocycles.